The Kier molecular flexibility index (Phi) is 4.86. The van der Waals surface area contributed by atoms with Crippen molar-refractivity contribution in [1.29, 1.82) is 0 Å². The first kappa shape index (κ1) is 22.0. The zero-order valence-corrected chi connectivity index (χ0v) is 19.7. The topological polar surface area (TPSA) is 9.23 Å². The fraction of sp³-hybridized carbons (Fsp3) is 0.226. The summed E-state index contributed by atoms with van der Waals surface area (Å²) in [4.78, 5) is 0. The van der Waals surface area contributed by atoms with E-state index in [0.717, 1.165) is 40.3 Å². The molecule has 0 saturated heterocycles. The summed E-state index contributed by atoms with van der Waals surface area (Å²) in [6, 6.07) is 22.5. The summed E-state index contributed by atoms with van der Waals surface area (Å²) >= 11 is 0. The number of fused-ring (bicyclic) bond motifs is 8. The van der Waals surface area contributed by atoms with Crippen molar-refractivity contribution in [2.75, 3.05) is 6.61 Å². The second-order valence-electron chi connectivity index (χ2n) is 9.31. The molecule has 1 heterocycles. The first-order valence-electron chi connectivity index (χ1n) is 12.1. The van der Waals surface area contributed by atoms with Crippen LogP contribution in [0.2, 0.25) is 0 Å². The smallest absolute Gasteiger partial charge is 0.417 e. The van der Waals surface area contributed by atoms with Gasteiger partial charge in [0.05, 0.1) is 5.56 Å². The molecule has 1 aliphatic carbocycles. The van der Waals surface area contributed by atoms with Crippen molar-refractivity contribution in [2.24, 2.45) is 0 Å². The summed E-state index contributed by atoms with van der Waals surface area (Å²) in [6.45, 7) is 4.58. The van der Waals surface area contributed by atoms with Crippen molar-refractivity contribution < 1.29 is 17.9 Å². The predicted molar refractivity (Wildman–Crippen MR) is 135 cm³/mol. The Morgan fingerprint density at radius 1 is 0.771 bits per heavy atom. The molecule has 6 rings (SSSR count). The average molecular weight is 471 g/mol. The second-order valence-corrected chi connectivity index (χ2v) is 9.31. The highest BCUT2D eigenvalue weighted by Gasteiger charge is 2.46. The summed E-state index contributed by atoms with van der Waals surface area (Å²) in [5.74, 6) is 0.688. The maximum absolute atomic E-state index is 14.1. The normalized spacial score (nSPS) is 15.7. The van der Waals surface area contributed by atoms with Gasteiger partial charge in [0.2, 0.25) is 0 Å². The molecule has 0 spiro atoms. The van der Waals surface area contributed by atoms with Crippen molar-refractivity contribution in [3.63, 3.8) is 0 Å². The second kappa shape index (κ2) is 7.74. The van der Waals surface area contributed by atoms with Crippen LogP contribution in [0.15, 0.2) is 78.9 Å². The lowest BCUT2D eigenvalue weighted by Crippen LogP contribution is -2.26. The maximum atomic E-state index is 14.1. The fourth-order valence-corrected chi connectivity index (χ4v) is 6.33. The zero-order chi connectivity index (χ0) is 24.4. The molecular weight excluding hydrogens is 445 g/mol. The van der Waals surface area contributed by atoms with Crippen LogP contribution in [0.3, 0.4) is 0 Å². The lowest BCUT2D eigenvalue weighted by Gasteiger charge is -2.35. The molecule has 1 aliphatic heterocycles. The minimum absolute atomic E-state index is 0.207. The van der Waals surface area contributed by atoms with Gasteiger partial charge >= 0.3 is 6.18 Å². The Morgan fingerprint density at radius 2 is 1.40 bits per heavy atom. The van der Waals surface area contributed by atoms with Crippen LogP contribution in [-0.2, 0) is 11.6 Å². The molecule has 0 bridgehead atoms. The maximum Gasteiger partial charge on any atom is 0.417 e. The molecule has 0 radical (unpaired) electrons. The predicted octanol–water partition coefficient (Wildman–Crippen LogP) is 8.77. The van der Waals surface area contributed by atoms with E-state index in [-0.39, 0.29) is 17.6 Å². The molecule has 0 unspecified atom stereocenters. The van der Waals surface area contributed by atoms with E-state index in [1.54, 1.807) is 12.1 Å². The minimum Gasteiger partial charge on any atom is -0.488 e. The Hall–Kier alpha value is -3.53. The third-order valence-electron chi connectivity index (χ3n) is 7.87. The highest BCUT2D eigenvalue weighted by atomic mass is 19.4. The van der Waals surface area contributed by atoms with E-state index in [1.807, 2.05) is 30.3 Å². The van der Waals surface area contributed by atoms with E-state index < -0.39 is 11.7 Å². The Balaban J connectivity index is 1.80. The third-order valence-corrected chi connectivity index (χ3v) is 7.87. The Bertz CT molecular complexity index is 1510. The van der Waals surface area contributed by atoms with Crippen LogP contribution in [-0.4, -0.2) is 6.61 Å². The number of ether oxygens (including phenoxy) is 1. The van der Waals surface area contributed by atoms with Crippen molar-refractivity contribution in [3.05, 3.63) is 107 Å². The van der Waals surface area contributed by atoms with E-state index in [0.29, 0.717) is 11.3 Å². The van der Waals surface area contributed by atoms with Gasteiger partial charge < -0.3 is 4.74 Å². The van der Waals surface area contributed by atoms with E-state index in [1.165, 1.54) is 23.3 Å². The van der Waals surface area contributed by atoms with Gasteiger partial charge in [-0.05, 0) is 63.8 Å². The minimum atomic E-state index is -4.45. The molecule has 1 nitrogen and oxygen atoms in total. The van der Waals surface area contributed by atoms with Gasteiger partial charge in [-0.3, -0.25) is 0 Å². The van der Waals surface area contributed by atoms with Crippen molar-refractivity contribution in [1.82, 2.24) is 0 Å². The molecule has 35 heavy (non-hydrogen) atoms. The molecule has 0 saturated carbocycles. The van der Waals surface area contributed by atoms with Crippen LogP contribution in [0, 0.1) is 0 Å². The van der Waals surface area contributed by atoms with Gasteiger partial charge in [0.1, 0.15) is 12.4 Å². The summed E-state index contributed by atoms with van der Waals surface area (Å²) in [5, 5.41) is 2.02. The standard InChI is InChI=1S/C31H25F3O/c1-3-30(4-2)24-15-9-8-14-23(24)26-20-12-5-6-13-22(20)29-27(28(26)30)21(17-18-35-29)19-11-7-10-16-25(19)31(32,33)34/h5-17H,3-4,18H2,1-2H3. The highest BCUT2D eigenvalue weighted by Crippen LogP contribution is 2.60. The molecule has 4 heteroatoms. The van der Waals surface area contributed by atoms with Crippen molar-refractivity contribution in [2.45, 2.75) is 38.3 Å². The van der Waals surface area contributed by atoms with Gasteiger partial charge in [-0.25, -0.2) is 0 Å². The van der Waals surface area contributed by atoms with E-state index in [9.17, 15) is 13.2 Å². The first-order chi connectivity index (χ1) is 16.9. The largest absolute Gasteiger partial charge is 0.488 e. The number of hydrogen-bond donors (Lipinski definition) is 0. The van der Waals surface area contributed by atoms with Crippen LogP contribution in [0.1, 0.15) is 54.5 Å². The number of benzene rings is 4. The highest BCUT2D eigenvalue weighted by molar-refractivity contribution is 6.10. The molecule has 0 atom stereocenters. The Morgan fingerprint density at radius 3 is 2.11 bits per heavy atom. The van der Waals surface area contributed by atoms with Gasteiger partial charge in [-0.2, -0.15) is 13.2 Å². The summed E-state index contributed by atoms with van der Waals surface area (Å²) in [7, 11) is 0. The first-order valence-corrected chi connectivity index (χ1v) is 12.1. The number of halogens is 3. The fourth-order valence-electron chi connectivity index (χ4n) is 6.33. The number of rotatable bonds is 3. The average Bonchev–Trinajstić information content (AvgIpc) is 3.19. The van der Waals surface area contributed by atoms with Gasteiger partial charge in [0.25, 0.3) is 0 Å². The van der Waals surface area contributed by atoms with Crippen molar-refractivity contribution in [3.8, 4) is 16.9 Å². The SMILES string of the molecule is CCC1(CC)c2ccccc2-c2c1c1c(c3ccccc23)OCC=C1c1ccccc1C(F)(F)F. The molecule has 4 aromatic carbocycles. The van der Waals surface area contributed by atoms with Crippen LogP contribution >= 0.6 is 0 Å². The summed E-state index contributed by atoms with van der Waals surface area (Å²) < 4.78 is 48.7. The summed E-state index contributed by atoms with van der Waals surface area (Å²) in [5.41, 5.74) is 5.33. The summed E-state index contributed by atoms with van der Waals surface area (Å²) in [6.07, 6.45) is -0.953. The molecule has 0 N–H and O–H groups in total. The monoisotopic (exact) mass is 470 g/mol. The van der Waals surface area contributed by atoms with Gasteiger partial charge in [0.15, 0.2) is 0 Å². The molecule has 176 valence electrons. The van der Waals surface area contributed by atoms with E-state index in [2.05, 4.69) is 38.1 Å². The van der Waals surface area contributed by atoms with Gasteiger partial charge in [-0.1, -0.05) is 80.6 Å². The Labute approximate surface area is 202 Å². The van der Waals surface area contributed by atoms with E-state index in [4.69, 9.17) is 4.74 Å². The third kappa shape index (κ3) is 2.95. The quantitative estimate of drug-likeness (QED) is 0.291. The molecule has 4 aromatic rings. The zero-order valence-electron chi connectivity index (χ0n) is 19.7. The lowest BCUT2D eigenvalue weighted by atomic mass is 9.70. The van der Waals surface area contributed by atoms with Crippen LogP contribution in [0.5, 0.6) is 5.75 Å². The van der Waals surface area contributed by atoms with Gasteiger partial charge in [-0.15, -0.1) is 0 Å². The number of hydrogen-bond acceptors (Lipinski definition) is 1. The van der Waals surface area contributed by atoms with Crippen LogP contribution < -0.4 is 4.74 Å². The van der Waals surface area contributed by atoms with Crippen LogP contribution in [0.4, 0.5) is 13.2 Å². The van der Waals surface area contributed by atoms with E-state index >= 15 is 0 Å². The molecule has 0 amide bonds. The molecule has 0 aromatic heterocycles. The van der Waals surface area contributed by atoms with Crippen molar-refractivity contribution >= 4 is 16.3 Å². The van der Waals surface area contributed by atoms with Crippen LogP contribution in [0.25, 0.3) is 27.5 Å². The van der Waals surface area contributed by atoms with Gasteiger partial charge in [0, 0.05) is 16.4 Å². The molecular formula is C31H25F3O. The molecule has 0 fully saturated rings. The lowest BCUT2D eigenvalue weighted by molar-refractivity contribution is -0.137. The number of alkyl halides is 3. The molecule has 2 aliphatic rings.